The summed E-state index contributed by atoms with van der Waals surface area (Å²) in [6.45, 7) is 4.04. The first-order chi connectivity index (χ1) is 10.5. The minimum Gasteiger partial charge on any atom is -0.465 e. The highest BCUT2D eigenvalue weighted by Gasteiger charge is 2.10. The van der Waals surface area contributed by atoms with Crippen molar-refractivity contribution in [1.82, 2.24) is 9.97 Å². The van der Waals surface area contributed by atoms with Crippen LogP contribution >= 0.6 is 11.6 Å². The standard InChI is InChI=1S/C15H17ClN4O2/c1-9(2)19-13-7-14(18-8-17-13)20-12-6-10(15(21)22-3)4-5-11(12)16/h4-9H,1-3H3,(H2,17,18,19,20). The Morgan fingerprint density at radius 1 is 1.23 bits per heavy atom. The van der Waals surface area contributed by atoms with Crippen molar-refractivity contribution < 1.29 is 9.53 Å². The molecule has 0 saturated carbocycles. The molecule has 0 amide bonds. The number of nitrogens with zero attached hydrogens (tertiary/aromatic N) is 2. The second kappa shape index (κ2) is 7.09. The lowest BCUT2D eigenvalue weighted by Crippen LogP contribution is -2.11. The van der Waals surface area contributed by atoms with Crippen molar-refractivity contribution in [2.75, 3.05) is 17.7 Å². The van der Waals surface area contributed by atoms with Crippen molar-refractivity contribution >= 4 is 34.9 Å². The average molecular weight is 321 g/mol. The number of benzene rings is 1. The van der Waals surface area contributed by atoms with E-state index < -0.39 is 5.97 Å². The van der Waals surface area contributed by atoms with Crippen LogP contribution in [-0.2, 0) is 4.74 Å². The highest BCUT2D eigenvalue weighted by Crippen LogP contribution is 2.26. The van der Waals surface area contributed by atoms with Crippen LogP contribution in [-0.4, -0.2) is 29.1 Å². The third kappa shape index (κ3) is 4.08. The summed E-state index contributed by atoms with van der Waals surface area (Å²) in [4.78, 5) is 19.9. The SMILES string of the molecule is COC(=O)c1ccc(Cl)c(Nc2cc(NC(C)C)ncn2)c1. The Hall–Kier alpha value is -2.34. The number of hydrogen-bond acceptors (Lipinski definition) is 6. The van der Waals surface area contributed by atoms with Crippen molar-refractivity contribution in [3.8, 4) is 0 Å². The smallest absolute Gasteiger partial charge is 0.337 e. The number of carbonyl (C=O) groups excluding carboxylic acids is 1. The van der Waals surface area contributed by atoms with Gasteiger partial charge in [0.05, 0.1) is 23.4 Å². The van der Waals surface area contributed by atoms with Crippen LogP contribution in [0, 0.1) is 0 Å². The van der Waals surface area contributed by atoms with Gasteiger partial charge in [-0.25, -0.2) is 14.8 Å². The predicted octanol–water partition coefficient (Wildman–Crippen LogP) is 3.48. The van der Waals surface area contributed by atoms with Crippen molar-refractivity contribution in [3.63, 3.8) is 0 Å². The molecule has 0 atom stereocenters. The zero-order valence-electron chi connectivity index (χ0n) is 12.6. The fourth-order valence-corrected chi connectivity index (χ4v) is 1.97. The monoisotopic (exact) mass is 320 g/mol. The highest BCUT2D eigenvalue weighted by atomic mass is 35.5. The van der Waals surface area contributed by atoms with E-state index in [-0.39, 0.29) is 6.04 Å². The Balaban J connectivity index is 2.25. The second-order valence-corrected chi connectivity index (χ2v) is 5.31. The molecule has 0 saturated heterocycles. The molecule has 7 heteroatoms. The molecular weight excluding hydrogens is 304 g/mol. The number of carbonyl (C=O) groups is 1. The summed E-state index contributed by atoms with van der Waals surface area (Å²) in [5.74, 6) is 0.847. The summed E-state index contributed by atoms with van der Waals surface area (Å²) in [7, 11) is 1.33. The maximum atomic E-state index is 11.6. The Bertz CT molecular complexity index is 676. The maximum Gasteiger partial charge on any atom is 0.337 e. The van der Waals surface area contributed by atoms with Gasteiger partial charge in [-0.2, -0.15) is 0 Å². The van der Waals surface area contributed by atoms with Gasteiger partial charge in [0.1, 0.15) is 18.0 Å². The van der Waals surface area contributed by atoms with Gasteiger partial charge in [-0.15, -0.1) is 0 Å². The van der Waals surface area contributed by atoms with Gasteiger partial charge in [-0.05, 0) is 32.0 Å². The largest absolute Gasteiger partial charge is 0.465 e. The van der Waals surface area contributed by atoms with Crippen LogP contribution in [0.15, 0.2) is 30.6 Å². The van der Waals surface area contributed by atoms with Crippen molar-refractivity contribution in [3.05, 3.63) is 41.2 Å². The summed E-state index contributed by atoms with van der Waals surface area (Å²) < 4.78 is 4.70. The molecule has 1 heterocycles. The Morgan fingerprint density at radius 3 is 2.64 bits per heavy atom. The summed E-state index contributed by atoms with van der Waals surface area (Å²) in [5, 5.41) is 6.74. The van der Waals surface area contributed by atoms with E-state index in [1.165, 1.54) is 13.4 Å². The average Bonchev–Trinajstić information content (AvgIpc) is 2.48. The molecule has 0 aliphatic heterocycles. The van der Waals surface area contributed by atoms with Crippen LogP contribution in [0.2, 0.25) is 5.02 Å². The Morgan fingerprint density at radius 2 is 1.95 bits per heavy atom. The van der Waals surface area contributed by atoms with E-state index >= 15 is 0 Å². The van der Waals surface area contributed by atoms with Gasteiger partial charge in [-0.1, -0.05) is 11.6 Å². The summed E-state index contributed by atoms with van der Waals surface area (Å²) >= 11 is 6.14. The first kappa shape index (κ1) is 16.0. The fraction of sp³-hybridized carbons (Fsp3) is 0.267. The fourth-order valence-electron chi connectivity index (χ4n) is 1.80. The maximum absolute atomic E-state index is 11.6. The molecule has 1 aromatic heterocycles. The van der Waals surface area contributed by atoms with Crippen LogP contribution in [0.1, 0.15) is 24.2 Å². The predicted molar refractivity (Wildman–Crippen MR) is 86.9 cm³/mol. The third-order valence-electron chi connectivity index (χ3n) is 2.75. The Labute approximate surface area is 133 Å². The van der Waals surface area contributed by atoms with Gasteiger partial charge in [0.2, 0.25) is 0 Å². The number of ether oxygens (including phenoxy) is 1. The van der Waals surface area contributed by atoms with E-state index in [0.717, 1.165) is 0 Å². The van der Waals surface area contributed by atoms with Crippen molar-refractivity contribution in [2.24, 2.45) is 0 Å². The van der Waals surface area contributed by atoms with E-state index in [1.807, 2.05) is 13.8 Å². The first-order valence-corrected chi connectivity index (χ1v) is 7.11. The number of halogens is 1. The van der Waals surface area contributed by atoms with Gasteiger partial charge >= 0.3 is 5.97 Å². The lowest BCUT2D eigenvalue weighted by Gasteiger charge is -2.12. The van der Waals surface area contributed by atoms with E-state index in [4.69, 9.17) is 16.3 Å². The van der Waals surface area contributed by atoms with Gasteiger partial charge in [0.15, 0.2) is 0 Å². The van der Waals surface area contributed by atoms with Crippen LogP contribution in [0.25, 0.3) is 0 Å². The zero-order valence-corrected chi connectivity index (χ0v) is 13.3. The summed E-state index contributed by atoms with van der Waals surface area (Å²) in [5.41, 5.74) is 0.975. The number of hydrogen-bond donors (Lipinski definition) is 2. The van der Waals surface area contributed by atoms with Crippen LogP contribution in [0.4, 0.5) is 17.3 Å². The molecule has 2 aromatic rings. The normalized spacial score (nSPS) is 10.4. The van der Waals surface area contributed by atoms with Crippen LogP contribution < -0.4 is 10.6 Å². The molecule has 0 spiro atoms. The summed E-state index contributed by atoms with van der Waals surface area (Å²) in [6, 6.07) is 6.87. The van der Waals surface area contributed by atoms with Gasteiger partial charge in [0.25, 0.3) is 0 Å². The molecule has 0 fully saturated rings. The molecule has 22 heavy (non-hydrogen) atoms. The van der Waals surface area contributed by atoms with Crippen LogP contribution in [0.3, 0.4) is 0 Å². The van der Waals surface area contributed by atoms with E-state index in [1.54, 1.807) is 24.3 Å². The molecule has 116 valence electrons. The molecule has 0 aliphatic carbocycles. The Kier molecular flexibility index (Phi) is 5.16. The molecule has 1 aromatic carbocycles. The molecular formula is C15H17ClN4O2. The van der Waals surface area contributed by atoms with E-state index in [2.05, 4.69) is 20.6 Å². The number of nitrogens with one attached hydrogen (secondary N) is 2. The number of anilines is 3. The molecule has 0 unspecified atom stereocenters. The lowest BCUT2D eigenvalue weighted by atomic mass is 10.2. The third-order valence-corrected chi connectivity index (χ3v) is 3.08. The number of rotatable bonds is 5. The quantitative estimate of drug-likeness (QED) is 0.821. The van der Waals surface area contributed by atoms with Gasteiger partial charge in [-0.3, -0.25) is 0 Å². The number of esters is 1. The number of aromatic nitrogens is 2. The molecule has 2 rings (SSSR count). The second-order valence-electron chi connectivity index (χ2n) is 4.90. The van der Waals surface area contributed by atoms with Crippen LogP contribution in [0.5, 0.6) is 0 Å². The van der Waals surface area contributed by atoms with E-state index in [9.17, 15) is 4.79 Å². The topological polar surface area (TPSA) is 76.1 Å². The van der Waals surface area contributed by atoms with Crippen molar-refractivity contribution in [1.29, 1.82) is 0 Å². The first-order valence-electron chi connectivity index (χ1n) is 6.73. The zero-order chi connectivity index (χ0) is 16.1. The molecule has 0 bridgehead atoms. The van der Waals surface area contributed by atoms with Crippen molar-refractivity contribution in [2.45, 2.75) is 19.9 Å². The summed E-state index contributed by atoms with van der Waals surface area (Å²) in [6.07, 6.45) is 1.45. The van der Waals surface area contributed by atoms with Gasteiger partial charge in [0, 0.05) is 12.1 Å². The minimum absolute atomic E-state index is 0.258. The number of methoxy groups -OCH3 is 1. The molecule has 6 nitrogen and oxygen atoms in total. The minimum atomic E-state index is -0.426. The molecule has 2 N–H and O–H groups in total. The van der Waals surface area contributed by atoms with Gasteiger partial charge < -0.3 is 15.4 Å². The lowest BCUT2D eigenvalue weighted by molar-refractivity contribution is 0.0601. The molecule has 0 radical (unpaired) electrons. The molecule has 0 aliphatic rings. The van der Waals surface area contributed by atoms with E-state index in [0.29, 0.717) is 27.9 Å². The highest BCUT2D eigenvalue weighted by molar-refractivity contribution is 6.33.